The van der Waals surface area contributed by atoms with E-state index in [1.165, 1.54) is 11.1 Å². The molecule has 158 valence electrons. The maximum absolute atomic E-state index is 4.20. The van der Waals surface area contributed by atoms with E-state index < -0.39 is 0 Å². The van der Waals surface area contributed by atoms with Crippen LogP contribution in [0, 0.1) is 0 Å². The van der Waals surface area contributed by atoms with Crippen LogP contribution in [0.15, 0.2) is 134 Å². The van der Waals surface area contributed by atoms with Gasteiger partial charge in [-0.2, -0.15) is 0 Å². The predicted octanol–water partition coefficient (Wildman–Crippen LogP) is 8.39. The van der Waals surface area contributed by atoms with Gasteiger partial charge in [-0.05, 0) is 64.7 Å². The van der Waals surface area contributed by atoms with E-state index in [4.69, 9.17) is 0 Å². The van der Waals surface area contributed by atoms with Crippen LogP contribution < -0.4 is 4.90 Å². The minimum Gasteiger partial charge on any atom is -0.311 e. The summed E-state index contributed by atoms with van der Waals surface area (Å²) in [7, 11) is 0. The molecule has 4 aromatic carbocycles. The van der Waals surface area contributed by atoms with Gasteiger partial charge in [0.05, 0.1) is 0 Å². The monoisotopic (exact) mass is 424 g/mol. The number of rotatable bonds is 6. The molecule has 0 spiro atoms. The fourth-order valence-corrected chi connectivity index (χ4v) is 3.85. The van der Waals surface area contributed by atoms with Crippen molar-refractivity contribution in [2.45, 2.75) is 0 Å². The summed E-state index contributed by atoms with van der Waals surface area (Å²) in [5.41, 5.74) is 8.04. The highest BCUT2D eigenvalue weighted by Crippen LogP contribution is 2.34. The van der Waals surface area contributed by atoms with Crippen molar-refractivity contribution in [2.24, 2.45) is 0 Å². The lowest BCUT2D eigenvalue weighted by Gasteiger charge is -2.25. The summed E-state index contributed by atoms with van der Waals surface area (Å²) in [4.78, 5) is 6.47. The molecule has 5 rings (SSSR count). The van der Waals surface area contributed by atoms with E-state index in [0.29, 0.717) is 0 Å². The van der Waals surface area contributed by atoms with Gasteiger partial charge in [0.2, 0.25) is 0 Å². The summed E-state index contributed by atoms with van der Waals surface area (Å²) in [6, 6.07) is 42.2. The minimum atomic E-state index is 1.13. The molecule has 0 N–H and O–H groups in total. The standard InChI is InChI=1S/C31H24N2/c1-3-9-29(10-4-1)33(30-11-5-2-6-12-30)31-21-17-26(18-22-31)14-13-25-15-19-27(20-16-25)28-8-7-23-32-24-28/h1-24H. The highest BCUT2D eigenvalue weighted by molar-refractivity contribution is 5.78. The Morgan fingerprint density at radius 3 is 1.48 bits per heavy atom. The first-order valence-electron chi connectivity index (χ1n) is 11.1. The molecule has 2 nitrogen and oxygen atoms in total. The molecule has 0 aliphatic rings. The van der Waals surface area contributed by atoms with E-state index in [-0.39, 0.29) is 0 Å². The predicted molar refractivity (Wildman–Crippen MR) is 140 cm³/mol. The van der Waals surface area contributed by atoms with Crippen molar-refractivity contribution in [3.05, 3.63) is 145 Å². The number of benzene rings is 4. The molecule has 0 atom stereocenters. The smallest absolute Gasteiger partial charge is 0.0462 e. The Kier molecular flexibility index (Phi) is 6.08. The van der Waals surface area contributed by atoms with Crippen LogP contribution in [0.4, 0.5) is 17.1 Å². The molecule has 0 fully saturated rings. The van der Waals surface area contributed by atoms with E-state index in [9.17, 15) is 0 Å². The van der Waals surface area contributed by atoms with Gasteiger partial charge in [0.1, 0.15) is 0 Å². The third-order valence-corrected chi connectivity index (χ3v) is 5.55. The van der Waals surface area contributed by atoms with Crippen molar-refractivity contribution in [1.29, 1.82) is 0 Å². The summed E-state index contributed by atoms with van der Waals surface area (Å²) in [6.45, 7) is 0. The Balaban J connectivity index is 1.36. The van der Waals surface area contributed by atoms with E-state index in [0.717, 1.165) is 28.2 Å². The van der Waals surface area contributed by atoms with Gasteiger partial charge in [0.15, 0.2) is 0 Å². The second-order valence-electron chi connectivity index (χ2n) is 7.80. The average Bonchev–Trinajstić information content (AvgIpc) is 2.90. The molecule has 5 aromatic rings. The molecule has 0 radical (unpaired) electrons. The fourth-order valence-electron chi connectivity index (χ4n) is 3.85. The Hall–Kier alpha value is -4.43. The van der Waals surface area contributed by atoms with Crippen molar-refractivity contribution in [3.63, 3.8) is 0 Å². The normalized spacial score (nSPS) is 10.9. The maximum Gasteiger partial charge on any atom is 0.0462 e. The Labute approximate surface area is 195 Å². The van der Waals surface area contributed by atoms with Crippen molar-refractivity contribution in [3.8, 4) is 11.1 Å². The Bertz CT molecular complexity index is 1270. The summed E-state index contributed by atoms with van der Waals surface area (Å²) < 4.78 is 0. The van der Waals surface area contributed by atoms with Crippen LogP contribution in [-0.2, 0) is 0 Å². The van der Waals surface area contributed by atoms with Crippen LogP contribution in [0.3, 0.4) is 0 Å². The van der Waals surface area contributed by atoms with E-state index in [1.807, 2.05) is 24.4 Å². The number of aromatic nitrogens is 1. The molecular formula is C31H24N2. The third kappa shape index (κ3) is 4.91. The summed E-state index contributed by atoms with van der Waals surface area (Å²) in [5, 5.41) is 0. The highest BCUT2D eigenvalue weighted by atomic mass is 15.1. The van der Waals surface area contributed by atoms with Gasteiger partial charge >= 0.3 is 0 Å². The molecule has 1 aromatic heterocycles. The van der Waals surface area contributed by atoms with Gasteiger partial charge in [0, 0.05) is 29.5 Å². The Morgan fingerprint density at radius 2 is 0.970 bits per heavy atom. The largest absolute Gasteiger partial charge is 0.311 e. The number of pyridine rings is 1. The van der Waals surface area contributed by atoms with Crippen LogP contribution in [0.25, 0.3) is 23.3 Å². The van der Waals surface area contributed by atoms with Gasteiger partial charge < -0.3 is 4.90 Å². The molecule has 0 bridgehead atoms. The van der Waals surface area contributed by atoms with Gasteiger partial charge in [-0.15, -0.1) is 0 Å². The molecular weight excluding hydrogens is 400 g/mol. The van der Waals surface area contributed by atoms with Crippen LogP contribution in [-0.4, -0.2) is 4.98 Å². The molecule has 0 saturated carbocycles. The van der Waals surface area contributed by atoms with Crippen molar-refractivity contribution >= 4 is 29.2 Å². The zero-order valence-electron chi connectivity index (χ0n) is 18.3. The molecule has 0 unspecified atom stereocenters. The number of hydrogen-bond donors (Lipinski definition) is 0. The van der Waals surface area contributed by atoms with Gasteiger partial charge in [-0.1, -0.05) is 91.0 Å². The lowest BCUT2D eigenvalue weighted by atomic mass is 10.0. The zero-order chi connectivity index (χ0) is 22.3. The SMILES string of the molecule is C(=Cc1ccc(N(c2ccccc2)c2ccccc2)cc1)c1ccc(-c2cccnc2)cc1. The Morgan fingerprint density at radius 1 is 0.455 bits per heavy atom. The first kappa shape index (κ1) is 20.5. The van der Waals surface area contributed by atoms with Crippen molar-refractivity contribution in [2.75, 3.05) is 4.90 Å². The summed E-state index contributed by atoms with van der Waals surface area (Å²) in [6.07, 6.45) is 7.98. The van der Waals surface area contributed by atoms with Gasteiger partial charge in [-0.25, -0.2) is 0 Å². The lowest BCUT2D eigenvalue weighted by molar-refractivity contribution is 1.28. The summed E-state index contributed by atoms with van der Waals surface area (Å²) in [5.74, 6) is 0. The average molecular weight is 425 g/mol. The van der Waals surface area contributed by atoms with Crippen LogP contribution >= 0.6 is 0 Å². The molecule has 33 heavy (non-hydrogen) atoms. The van der Waals surface area contributed by atoms with E-state index in [1.54, 1.807) is 6.20 Å². The number of anilines is 3. The third-order valence-electron chi connectivity index (χ3n) is 5.55. The van der Waals surface area contributed by atoms with Gasteiger partial charge in [0.25, 0.3) is 0 Å². The van der Waals surface area contributed by atoms with Crippen LogP contribution in [0.5, 0.6) is 0 Å². The van der Waals surface area contributed by atoms with E-state index >= 15 is 0 Å². The molecule has 0 aliphatic heterocycles. The second kappa shape index (κ2) is 9.80. The lowest BCUT2D eigenvalue weighted by Crippen LogP contribution is -2.09. The molecule has 0 amide bonds. The van der Waals surface area contributed by atoms with Crippen molar-refractivity contribution < 1.29 is 0 Å². The fraction of sp³-hybridized carbons (Fsp3) is 0. The van der Waals surface area contributed by atoms with Crippen LogP contribution in [0.1, 0.15) is 11.1 Å². The zero-order valence-corrected chi connectivity index (χ0v) is 18.3. The number of hydrogen-bond acceptors (Lipinski definition) is 2. The quantitative estimate of drug-likeness (QED) is 0.254. The summed E-state index contributed by atoms with van der Waals surface area (Å²) >= 11 is 0. The first-order chi connectivity index (χ1) is 16.4. The molecule has 0 saturated heterocycles. The van der Waals surface area contributed by atoms with Crippen molar-refractivity contribution in [1.82, 2.24) is 4.98 Å². The van der Waals surface area contributed by atoms with E-state index in [2.05, 4.69) is 125 Å². The maximum atomic E-state index is 4.20. The van der Waals surface area contributed by atoms with Crippen LogP contribution in [0.2, 0.25) is 0 Å². The number of para-hydroxylation sites is 2. The molecule has 1 heterocycles. The molecule has 0 aliphatic carbocycles. The van der Waals surface area contributed by atoms with Gasteiger partial charge in [-0.3, -0.25) is 4.98 Å². The number of nitrogens with zero attached hydrogens (tertiary/aromatic N) is 2. The molecule has 2 heteroatoms. The topological polar surface area (TPSA) is 16.1 Å². The minimum absolute atomic E-state index is 1.13. The second-order valence-corrected chi connectivity index (χ2v) is 7.80. The first-order valence-corrected chi connectivity index (χ1v) is 11.1. The highest BCUT2D eigenvalue weighted by Gasteiger charge is 2.11.